The minimum Gasteiger partial charge on any atom is -0.507 e. The fourth-order valence-electron chi connectivity index (χ4n) is 1.77. The molecule has 0 aliphatic carbocycles. The van der Waals surface area contributed by atoms with Gasteiger partial charge in [-0.1, -0.05) is 19.9 Å². The minimum atomic E-state index is 0.297. The highest BCUT2D eigenvalue weighted by atomic mass is 79.9. The van der Waals surface area contributed by atoms with Crippen molar-refractivity contribution in [2.75, 3.05) is 13.1 Å². The molecule has 0 radical (unpaired) electrons. The third-order valence-electron chi connectivity index (χ3n) is 2.81. The number of phenols is 1. The van der Waals surface area contributed by atoms with Crippen molar-refractivity contribution in [1.82, 2.24) is 4.90 Å². The monoisotopic (exact) mass is 271 g/mol. The first-order chi connectivity index (χ1) is 7.10. The zero-order valence-electron chi connectivity index (χ0n) is 9.50. The number of hydrogen-bond donors (Lipinski definition) is 1. The fourth-order valence-corrected chi connectivity index (χ4v) is 2.16. The standard InChI is InChI=1S/C12H18BrNO/c1-4-14(5-2)9(3)10-6-7-12(15)11(13)8-10/h6-9,15H,4-5H2,1-3H3. The highest BCUT2D eigenvalue weighted by Crippen LogP contribution is 2.29. The van der Waals surface area contributed by atoms with Crippen LogP contribution in [0.1, 0.15) is 32.4 Å². The van der Waals surface area contributed by atoms with E-state index >= 15 is 0 Å². The summed E-state index contributed by atoms with van der Waals surface area (Å²) in [6, 6.07) is 6.08. The Labute approximate surface area is 100 Å². The van der Waals surface area contributed by atoms with Crippen molar-refractivity contribution in [1.29, 1.82) is 0 Å². The van der Waals surface area contributed by atoms with Gasteiger partial charge in [0.15, 0.2) is 0 Å². The first kappa shape index (κ1) is 12.5. The van der Waals surface area contributed by atoms with Gasteiger partial charge in [0.05, 0.1) is 4.47 Å². The molecule has 0 saturated carbocycles. The van der Waals surface area contributed by atoms with Gasteiger partial charge in [-0.05, 0) is 53.6 Å². The summed E-state index contributed by atoms with van der Waals surface area (Å²) in [7, 11) is 0. The average Bonchev–Trinajstić information content (AvgIpc) is 2.23. The number of nitrogens with zero attached hydrogens (tertiary/aromatic N) is 1. The predicted molar refractivity (Wildman–Crippen MR) is 67.1 cm³/mol. The summed E-state index contributed by atoms with van der Waals surface area (Å²) in [5, 5.41) is 9.42. The van der Waals surface area contributed by atoms with Crippen LogP contribution in [0.15, 0.2) is 22.7 Å². The second kappa shape index (κ2) is 5.52. The lowest BCUT2D eigenvalue weighted by Crippen LogP contribution is -2.26. The maximum atomic E-state index is 9.42. The van der Waals surface area contributed by atoms with Crippen LogP contribution < -0.4 is 0 Å². The SMILES string of the molecule is CCN(CC)C(C)c1ccc(O)c(Br)c1. The molecular formula is C12H18BrNO. The summed E-state index contributed by atoms with van der Waals surface area (Å²) in [6.07, 6.45) is 0. The molecule has 0 bridgehead atoms. The largest absolute Gasteiger partial charge is 0.507 e. The number of rotatable bonds is 4. The lowest BCUT2D eigenvalue weighted by molar-refractivity contribution is 0.234. The predicted octanol–water partition coefficient (Wildman–Crippen LogP) is 3.56. The van der Waals surface area contributed by atoms with Gasteiger partial charge in [-0.25, -0.2) is 0 Å². The van der Waals surface area contributed by atoms with Crippen molar-refractivity contribution in [3.05, 3.63) is 28.2 Å². The molecular weight excluding hydrogens is 254 g/mol. The highest BCUT2D eigenvalue weighted by Gasteiger charge is 2.13. The van der Waals surface area contributed by atoms with Gasteiger partial charge in [-0.2, -0.15) is 0 Å². The first-order valence-corrected chi connectivity index (χ1v) is 6.11. The van der Waals surface area contributed by atoms with Crippen LogP contribution in [0.4, 0.5) is 0 Å². The van der Waals surface area contributed by atoms with E-state index in [0.29, 0.717) is 11.8 Å². The van der Waals surface area contributed by atoms with Gasteiger partial charge in [0.25, 0.3) is 0 Å². The molecule has 1 aromatic rings. The molecule has 1 unspecified atom stereocenters. The van der Waals surface area contributed by atoms with E-state index in [1.165, 1.54) is 5.56 Å². The lowest BCUT2D eigenvalue weighted by Gasteiger charge is -2.26. The number of aromatic hydroxyl groups is 1. The maximum absolute atomic E-state index is 9.42. The molecule has 1 N–H and O–H groups in total. The van der Waals surface area contributed by atoms with E-state index in [1.807, 2.05) is 12.1 Å². The molecule has 84 valence electrons. The van der Waals surface area contributed by atoms with Gasteiger partial charge in [0.2, 0.25) is 0 Å². The normalized spacial score (nSPS) is 13.1. The van der Waals surface area contributed by atoms with E-state index in [0.717, 1.165) is 17.6 Å². The van der Waals surface area contributed by atoms with Crippen molar-refractivity contribution in [3.63, 3.8) is 0 Å². The van der Waals surface area contributed by atoms with Crippen LogP contribution in [0.2, 0.25) is 0 Å². The van der Waals surface area contributed by atoms with Crippen molar-refractivity contribution in [2.24, 2.45) is 0 Å². The molecule has 2 nitrogen and oxygen atoms in total. The molecule has 0 aromatic heterocycles. The van der Waals surface area contributed by atoms with E-state index < -0.39 is 0 Å². The van der Waals surface area contributed by atoms with Crippen LogP contribution in [-0.2, 0) is 0 Å². The zero-order valence-corrected chi connectivity index (χ0v) is 11.1. The Balaban J connectivity index is 2.90. The van der Waals surface area contributed by atoms with Crippen LogP contribution in [-0.4, -0.2) is 23.1 Å². The summed E-state index contributed by atoms with van der Waals surface area (Å²) in [6.45, 7) is 8.59. The Hall–Kier alpha value is -0.540. The third kappa shape index (κ3) is 2.95. The molecule has 1 atom stereocenters. The lowest BCUT2D eigenvalue weighted by atomic mass is 10.1. The summed E-state index contributed by atoms with van der Waals surface area (Å²) in [5.41, 5.74) is 1.23. The van der Waals surface area contributed by atoms with Crippen molar-refractivity contribution >= 4 is 15.9 Å². The van der Waals surface area contributed by atoms with Crippen LogP contribution >= 0.6 is 15.9 Å². The number of phenolic OH excluding ortho intramolecular Hbond substituents is 1. The maximum Gasteiger partial charge on any atom is 0.129 e. The molecule has 0 aliphatic heterocycles. The smallest absolute Gasteiger partial charge is 0.129 e. The molecule has 15 heavy (non-hydrogen) atoms. The molecule has 0 saturated heterocycles. The van der Waals surface area contributed by atoms with Crippen molar-refractivity contribution < 1.29 is 5.11 Å². The Morgan fingerprint density at radius 1 is 1.33 bits per heavy atom. The third-order valence-corrected chi connectivity index (χ3v) is 3.45. The molecule has 0 aliphatic rings. The summed E-state index contributed by atoms with van der Waals surface area (Å²) >= 11 is 3.34. The van der Waals surface area contributed by atoms with Gasteiger partial charge in [-0.15, -0.1) is 0 Å². The fraction of sp³-hybridized carbons (Fsp3) is 0.500. The average molecular weight is 272 g/mol. The van der Waals surface area contributed by atoms with Gasteiger partial charge in [0.1, 0.15) is 5.75 Å². The zero-order chi connectivity index (χ0) is 11.4. The Bertz CT molecular complexity index is 323. The van der Waals surface area contributed by atoms with Gasteiger partial charge in [0, 0.05) is 6.04 Å². The van der Waals surface area contributed by atoms with Crippen molar-refractivity contribution in [3.8, 4) is 5.75 Å². The molecule has 3 heteroatoms. The van der Waals surface area contributed by atoms with E-state index in [1.54, 1.807) is 6.07 Å². The van der Waals surface area contributed by atoms with Crippen molar-refractivity contribution in [2.45, 2.75) is 26.8 Å². The van der Waals surface area contributed by atoms with Crippen LogP contribution in [0.3, 0.4) is 0 Å². The first-order valence-electron chi connectivity index (χ1n) is 5.32. The Morgan fingerprint density at radius 2 is 1.93 bits per heavy atom. The summed E-state index contributed by atoms with van der Waals surface area (Å²) in [5.74, 6) is 0.297. The molecule has 1 rings (SSSR count). The van der Waals surface area contributed by atoms with E-state index in [9.17, 15) is 5.11 Å². The second-order valence-corrected chi connectivity index (χ2v) is 4.46. The van der Waals surface area contributed by atoms with Gasteiger partial charge < -0.3 is 5.11 Å². The molecule has 0 heterocycles. The number of benzene rings is 1. The Morgan fingerprint density at radius 3 is 2.40 bits per heavy atom. The quantitative estimate of drug-likeness (QED) is 0.905. The van der Waals surface area contributed by atoms with E-state index in [-0.39, 0.29) is 0 Å². The molecule has 1 aromatic carbocycles. The Kier molecular flexibility index (Phi) is 4.61. The summed E-state index contributed by atoms with van der Waals surface area (Å²) in [4.78, 5) is 2.37. The summed E-state index contributed by atoms with van der Waals surface area (Å²) < 4.78 is 0.763. The highest BCUT2D eigenvalue weighted by molar-refractivity contribution is 9.10. The second-order valence-electron chi connectivity index (χ2n) is 3.61. The van der Waals surface area contributed by atoms with Gasteiger partial charge in [-0.3, -0.25) is 4.90 Å². The van der Waals surface area contributed by atoms with Gasteiger partial charge >= 0.3 is 0 Å². The van der Waals surface area contributed by atoms with Crippen LogP contribution in [0.25, 0.3) is 0 Å². The van der Waals surface area contributed by atoms with Crippen LogP contribution in [0, 0.1) is 0 Å². The van der Waals surface area contributed by atoms with Crippen LogP contribution in [0.5, 0.6) is 5.75 Å². The topological polar surface area (TPSA) is 23.5 Å². The van der Waals surface area contributed by atoms with E-state index in [2.05, 4.69) is 41.6 Å². The number of halogens is 1. The molecule has 0 amide bonds. The molecule has 0 fully saturated rings. The molecule has 0 spiro atoms. The van der Waals surface area contributed by atoms with E-state index in [4.69, 9.17) is 0 Å². The minimum absolute atomic E-state index is 0.297. The number of hydrogen-bond acceptors (Lipinski definition) is 2.